The second kappa shape index (κ2) is 5.84. The molecule has 2 aromatic rings. The second-order valence-electron chi connectivity index (χ2n) is 4.45. The first kappa shape index (κ1) is 13.5. The molecule has 5 heteroatoms. The highest BCUT2D eigenvalue weighted by Crippen LogP contribution is 2.29. The molecule has 1 unspecified atom stereocenters. The van der Waals surface area contributed by atoms with Crippen molar-refractivity contribution in [1.82, 2.24) is 15.5 Å². The Labute approximate surface area is 112 Å². The van der Waals surface area contributed by atoms with E-state index in [9.17, 15) is 4.39 Å². The van der Waals surface area contributed by atoms with E-state index in [1.807, 2.05) is 20.8 Å². The molecule has 4 nitrogen and oxygen atoms in total. The first-order chi connectivity index (χ1) is 9.10. The number of rotatable bonds is 5. The summed E-state index contributed by atoms with van der Waals surface area (Å²) in [6.07, 6.45) is 0. The van der Waals surface area contributed by atoms with Gasteiger partial charge in [0.1, 0.15) is 11.6 Å². The lowest BCUT2D eigenvalue weighted by Crippen LogP contribution is -2.18. The van der Waals surface area contributed by atoms with Gasteiger partial charge < -0.3 is 10.1 Å². The summed E-state index contributed by atoms with van der Waals surface area (Å²) in [6, 6.07) is 6.31. The SMILES string of the molecule is CCNC(C)c1cc(F)ccc1Oc1cc(C)[nH]n1. The van der Waals surface area contributed by atoms with Crippen molar-refractivity contribution in [2.24, 2.45) is 0 Å². The Balaban J connectivity index is 2.28. The van der Waals surface area contributed by atoms with Crippen LogP contribution in [0.5, 0.6) is 11.6 Å². The monoisotopic (exact) mass is 263 g/mol. The first-order valence-corrected chi connectivity index (χ1v) is 6.33. The van der Waals surface area contributed by atoms with E-state index in [2.05, 4.69) is 15.5 Å². The van der Waals surface area contributed by atoms with Gasteiger partial charge in [-0.2, -0.15) is 0 Å². The molecule has 0 aliphatic carbocycles. The Hall–Kier alpha value is -1.88. The summed E-state index contributed by atoms with van der Waals surface area (Å²) in [5, 5.41) is 10.1. The first-order valence-electron chi connectivity index (χ1n) is 6.33. The van der Waals surface area contributed by atoms with Gasteiger partial charge in [0.15, 0.2) is 0 Å². The molecule has 102 valence electrons. The molecule has 2 rings (SSSR count). The van der Waals surface area contributed by atoms with Crippen LogP contribution in [0.25, 0.3) is 0 Å². The fourth-order valence-corrected chi connectivity index (χ4v) is 1.92. The number of H-pyrrole nitrogens is 1. The summed E-state index contributed by atoms with van der Waals surface area (Å²) in [6.45, 7) is 6.68. The lowest BCUT2D eigenvalue weighted by Gasteiger charge is -2.16. The maximum atomic E-state index is 13.4. The highest BCUT2D eigenvalue weighted by Gasteiger charge is 2.13. The van der Waals surface area contributed by atoms with Crippen LogP contribution in [-0.4, -0.2) is 16.7 Å². The Morgan fingerprint density at radius 1 is 1.42 bits per heavy atom. The maximum Gasteiger partial charge on any atom is 0.238 e. The quantitative estimate of drug-likeness (QED) is 0.870. The van der Waals surface area contributed by atoms with Gasteiger partial charge in [0.2, 0.25) is 5.88 Å². The number of aryl methyl sites for hydroxylation is 1. The number of benzene rings is 1. The molecule has 0 fully saturated rings. The number of halogens is 1. The lowest BCUT2D eigenvalue weighted by atomic mass is 10.1. The molecule has 0 aliphatic rings. The van der Waals surface area contributed by atoms with Crippen LogP contribution in [-0.2, 0) is 0 Å². The molecule has 1 atom stereocenters. The van der Waals surface area contributed by atoms with Crippen LogP contribution in [0.4, 0.5) is 4.39 Å². The minimum Gasteiger partial charge on any atom is -0.437 e. The van der Waals surface area contributed by atoms with Gasteiger partial charge in [-0.05, 0) is 38.6 Å². The number of aromatic amines is 1. The molecule has 1 aromatic carbocycles. The maximum absolute atomic E-state index is 13.4. The van der Waals surface area contributed by atoms with Gasteiger partial charge in [0, 0.05) is 23.4 Å². The van der Waals surface area contributed by atoms with Gasteiger partial charge in [-0.3, -0.25) is 5.10 Å². The highest BCUT2D eigenvalue weighted by atomic mass is 19.1. The molecule has 0 spiro atoms. The standard InChI is InChI=1S/C14H18FN3O/c1-4-16-10(3)12-8-11(15)5-6-13(12)19-14-7-9(2)17-18-14/h5-8,10,16H,4H2,1-3H3,(H,17,18). The fourth-order valence-electron chi connectivity index (χ4n) is 1.92. The second-order valence-corrected chi connectivity index (χ2v) is 4.45. The van der Waals surface area contributed by atoms with Crippen LogP contribution >= 0.6 is 0 Å². The lowest BCUT2D eigenvalue weighted by molar-refractivity contribution is 0.442. The van der Waals surface area contributed by atoms with Gasteiger partial charge in [-0.25, -0.2) is 4.39 Å². The number of nitrogens with zero attached hydrogens (tertiary/aromatic N) is 1. The van der Waals surface area contributed by atoms with Gasteiger partial charge in [-0.1, -0.05) is 6.92 Å². The average molecular weight is 263 g/mol. The van der Waals surface area contributed by atoms with E-state index in [1.54, 1.807) is 12.1 Å². The van der Waals surface area contributed by atoms with Crippen molar-refractivity contribution in [1.29, 1.82) is 0 Å². The summed E-state index contributed by atoms with van der Waals surface area (Å²) < 4.78 is 19.1. The molecule has 0 saturated heterocycles. The van der Waals surface area contributed by atoms with E-state index in [0.717, 1.165) is 17.8 Å². The predicted octanol–water partition coefficient (Wildman–Crippen LogP) is 3.32. The van der Waals surface area contributed by atoms with Crippen molar-refractivity contribution in [2.75, 3.05) is 6.54 Å². The van der Waals surface area contributed by atoms with Crippen molar-refractivity contribution in [3.8, 4) is 11.6 Å². The summed E-state index contributed by atoms with van der Waals surface area (Å²) in [5.41, 5.74) is 1.70. The molecule has 2 N–H and O–H groups in total. The predicted molar refractivity (Wildman–Crippen MR) is 71.9 cm³/mol. The van der Waals surface area contributed by atoms with Gasteiger partial charge in [-0.15, -0.1) is 5.10 Å². The third-order valence-corrected chi connectivity index (χ3v) is 2.85. The third kappa shape index (κ3) is 3.32. The van der Waals surface area contributed by atoms with Crippen molar-refractivity contribution < 1.29 is 9.13 Å². The molecule has 0 radical (unpaired) electrons. The van der Waals surface area contributed by atoms with Crippen molar-refractivity contribution >= 4 is 0 Å². The Kier molecular flexibility index (Phi) is 4.16. The van der Waals surface area contributed by atoms with Crippen LogP contribution < -0.4 is 10.1 Å². The highest BCUT2D eigenvalue weighted by molar-refractivity contribution is 5.38. The molecular formula is C14H18FN3O. The van der Waals surface area contributed by atoms with E-state index in [-0.39, 0.29) is 11.9 Å². The Morgan fingerprint density at radius 2 is 2.21 bits per heavy atom. The number of hydrogen-bond acceptors (Lipinski definition) is 3. The van der Waals surface area contributed by atoms with Crippen molar-refractivity contribution in [3.05, 3.63) is 41.3 Å². The molecule has 0 saturated carbocycles. The topological polar surface area (TPSA) is 49.9 Å². The van der Waals surface area contributed by atoms with Crippen LogP contribution in [0, 0.1) is 12.7 Å². The van der Waals surface area contributed by atoms with E-state index >= 15 is 0 Å². The van der Waals surface area contributed by atoms with Crippen molar-refractivity contribution in [2.45, 2.75) is 26.8 Å². The summed E-state index contributed by atoms with van der Waals surface area (Å²) >= 11 is 0. The van der Waals surface area contributed by atoms with Crippen LogP contribution in [0.1, 0.15) is 31.1 Å². The zero-order valence-corrected chi connectivity index (χ0v) is 11.3. The minimum atomic E-state index is -0.273. The Morgan fingerprint density at radius 3 is 2.84 bits per heavy atom. The van der Waals surface area contributed by atoms with Gasteiger partial charge >= 0.3 is 0 Å². The summed E-state index contributed by atoms with van der Waals surface area (Å²) in [5.74, 6) is 0.820. The van der Waals surface area contributed by atoms with Crippen LogP contribution in [0.2, 0.25) is 0 Å². The van der Waals surface area contributed by atoms with E-state index in [0.29, 0.717) is 11.6 Å². The third-order valence-electron chi connectivity index (χ3n) is 2.85. The normalized spacial score (nSPS) is 12.4. The van der Waals surface area contributed by atoms with Gasteiger partial charge in [0.25, 0.3) is 0 Å². The van der Waals surface area contributed by atoms with Crippen LogP contribution in [0.15, 0.2) is 24.3 Å². The largest absolute Gasteiger partial charge is 0.437 e. The molecule has 0 amide bonds. The fraction of sp³-hybridized carbons (Fsp3) is 0.357. The number of aromatic nitrogens is 2. The van der Waals surface area contributed by atoms with E-state index < -0.39 is 0 Å². The van der Waals surface area contributed by atoms with Crippen molar-refractivity contribution in [3.63, 3.8) is 0 Å². The molecule has 0 bridgehead atoms. The zero-order chi connectivity index (χ0) is 13.8. The summed E-state index contributed by atoms with van der Waals surface area (Å²) in [4.78, 5) is 0. The minimum absolute atomic E-state index is 0.00994. The zero-order valence-electron chi connectivity index (χ0n) is 11.3. The molecule has 19 heavy (non-hydrogen) atoms. The van der Waals surface area contributed by atoms with Gasteiger partial charge in [0.05, 0.1) is 0 Å². The molecule has 1 aromatic heterocycles. The number of ether oxygens (including phenoxy) is 1. The smallest absolute Gasteiger partial charge is 0.238 e. The molecule has 0 aliphatic heterocycles. The van der Waals surface area contributed by atoms with E-state index in [1.165, 1.54) is 12.1 Å². The number of nitrogens with one attached hydrogen (secondary N) is 2. The number of hydrogen-bond donors (Lipinski definition) is 2. The summed E-state index contributed by atoms with van der Waals surface area (Å²) in [7, 11) is 0. The Bertz CT molecular complexity index is 553. The molecule has 1 heterocycles. The van der Waals surface area contributed by atoms with E-state index in [4.69, 9.17) is 4.74 Å². The average Bonchev–Trinajstić information content (AvgIpc) is 2.77. The molecular weight excluding hydrogens is 245 g/mol. The van der Waals surface area contributed by atoms with Crippen LogP contribution in [0.3, 0.4) is 0 Å².